The van der Waals surface area contributed by atoms with E-state index in [2.05, 4.69) is 24.0 Å². The van der Waals surface area contributed by atoms with Crippen LogP contribution in [0.5, 0.6) is 5.75 Å². The van der Waals surface area contributed by atoms with E-state index in [9.17, 15) is 8.42 Å². The molecule has 28 heavy (non-hydrogen) atoms. The lowest BCUT2D eigenvalue weighted by molar-refractivity contribution is 0.0534. The minimum atomic E-state index is -3.62. The summed E-state index contributed by atoms with van der Waals surface area (Å²) in [6, 6.07) is 11.3. The zero-order valence-electron chi connectivity index (χ0n) is 16.3. The van der Waals surface area contributed by atoms with E-state index in [0.717, 1.165) is 19.5 Å². The van der Waals surface area contributed by atoms with Crippen molar-refractivity contribution in [3.8, 4) is 5.75 Å². The standard InChI is InChI=1S/C20H26N2O4S2/c1-16-7-8-17(27-16)13-21-10-9-20(14-21)15-22(11-12-25-2)28(23,24)19-6-4-3-5-18(19)26-20/h3-8H,9-15H2,1-2H3/t20-/m1/s1. The molecule has 2 aromatic rings. The molecule has 2 aliphatic rings. The van der Waals surface area contributed by atoms with Crippen LogP contribution in [0.15, 0.2) is 41.3 Å². The number of aryl methyl sites for hydroxylation is 1. The van der Waals surface area contributed by atoms with Crippen LogP contribution >= 0.6 is 11.3 Å². The number of para-hydroxylation sites is 1. The van der Waals surface area contributed by atoms with E-state index >= 15 is 0 Å². The number of likely N-dealkylation sites (tertiary alicyclic amines) is 1. The third-order valence-corrected chi connectivity index (χ3v) is 8.24. The van der Waals surface area contributed by atoms with Crippen LogP contribution in [0.3, 0.4) is 0 Å². The van der Waals surface area contributed by atoms with E-state index in [1.807, 2.05) is 17.4 Å². The third kappa shape index (κ3) is 3.84. The van der Waals surface area contributed by atoms with Crippen LogP contribution in [0.1, 0.15) is 16.2 Å². The van der Waals surface area contributed by atoms with Crippen molar-refractivity contribution < 1.29 is 17.9 Å². The summed E-state index contributed by atoms with van der Waals surface area (Å²) in [6.45, 7) is 5.60. The van der Waals surface area contributed by atoms with Gasteiger partial charge in [-0.25, -0.2) is 8.42 Å². The van der Waals surface area contributed by atoms with Gasteiger partial charge in [-0.3, -0.25) is 4.90 Å². The summed E-state index contributed by atoms with van der Waals surface area (Å²) in [5.41, 5.74) is -0.542. The molecule has 0 aliphatic carbocycles. The molecule has 0 N–H and O–H groups in total. The maximum Gasteiger partial charge on any atom is 0.246 e. The summed E-state index contributed by atoms with van der Waals surface area (Å²) in [5.74, 6) is 0.455. The molecular weight excluding hydrogens is 396 g/mol. The highest BCUT2D eigenvalue weighted by molar-refractivity contribution is 7.89. The van der Waals surface area contributed by atoms with E-state index in [4.69, 9.17) is 9.47 Å². The summed E-state index contributed by atoms with van der Waals surface area (Å²) in [5, 5.41) is 0. The average molecular weight is 423 g/mol. The van der Waals surface area contributed by atoms with Crippen LogP contribution in [0.4, 0.5) is 0 Å². The lowest BCUT2D eigenvalue weighted by atomic mass is 10.0. The zero-order chi connectivity index (χ0) is 19.8. The van der Waals surface area contributed by atoms with Crippen molar-refractivity contribution in [3.63, 3.8) is 0 Å². The normalized spacial score (nSPS) is 24.8. The second-order valence-corrected chi connectivity index (χ2v) is 10.8. The van der Waals surface area contributed by atoms with Gasteiger partial charge in [-0.1, -0.05) is 12.1 Å². The van der Waals surface area contributed by atoms with Crippen molar-refractivity contribution in [2.24, 2.45) is 0 Å². The first-order valence-corrected chi connectivity index (χ1v) is 11.7. The second kappa shape index (κ2) is 7.76. The first-order chi connectivity index (χ1) is 13.4. The van der Waals surface area contributed by atoms with Crippen molar-refractivity contribution in [2.45, 2.75) is 30.4 Å². The van der Waals surface area contributed by atoms with Gasteiger partial charge in [0.25, 0.3) is 0 Å². The van der Waals surface area contributed by atoms with Crippen LogP contribution in [0, 0.1) is 6.92 Å². The molecule has 152 valence electrons. The van der Waals surface area contributed by atoms with Crippen molar-refractivity contribution in [1.29, 1.82) is 0 Å². The number of ether oxygens (including phenoxy) is 2. The van der Waals surface area contributed by atoms with E-state index in [-0.39, 0.29) is 4.90 Å². The molecule has 4 rings (SSSR count). The zero-order valence-corrected chi connectivity index (χ0v) is 17.9. The smallest absolute Gasteiger partial charge is 0.246 e. The number of sulfonamides is 1. The van der Waals surface area contributed by atoms with E-state index in [1.54, 1.807) is 25.3 Å². The predicted octanol–water partition coefficient (Wildman–Crippen LogP) is 2.73. The molecule has 1 spiro atoms. The Hall–Kier alpha value is -1.45. The van der Waals surface area contributed by atoms with Crippen molar-refractivity contribution in [1.82, 2.24) is 9.21 Å². The van der Waals surface area contributed by atoms with Crippen LogP contribution < -0.4 is 4.74 Å². The Morgan fingerprint density at radius 1 is 1.21 bits per heavy atom. The van der Waals surface area contributed by atoms with Crippen molar-refractivity contribution in [2.75, 3.05) is 39.9 Å². The molecule has 8 heteroatoms. The summed E-state index contributed by atoms with van der Waals surface area (Å²) in [4.78, 5) is 5.24. The molecule has 0 radical (unpaired) electrons. The van der Waals surface area contributed by atoms with Gasteiger partial charge in [0.15, 0.2) is 0 Å². The quantitative estimate of drug-likeness (QED) is 0.742. The molecule has 1 aromatic carbocycles. The number of rotatable bonds is 5. The van der Waals surface area contributed by atoms with Crippen LogP contribution in [0.2, 0.25) is 0 Å². The molecule has 0 bridgehead atoms. The second-order valence-electron chi connectivity index (χ2n) is 7.54. The SMILES string of the molecule is COCCN1C[C@]2(CCN(Cc3ccc(C)s3)C2)Oc2ccccc2S1(=O)=O. The predicted molar refractivity (Wildman–Crippen MR) is 109 cm³/mol. The van der Waals surface area contributed by atoms with Gasteiger partial charge in [-0.2, -0.15) is 4.31 Å². The molecule has 1 saturated heterocycles. The van der Waals surface area contributed by atoms with Gasteiger partial charge in [-0.15, -0.1) is 11.3 Å². The average Bonchev–Trinajstić information content (AvgIpc) is 3.23. The van der Waals surface area contributed by atoms with Crippen LogP contribution in [0.25, 0.3) is 0 Å². The molecule has 1 fully saturated rings. The molecule has 1 aromatic heterocycles. The van der Waals surface area contributed by atoms with Crippen LogP contribution in [-0.2, 0) is 21.3 Å². The maximum atomic E-state index is 13.2. The number of benzene rings is 1. The molecule has 1 atom stereocenters. The highest BCUT2D eigenvalue weighted by Crippen LogP contribution is 2.38. The largest absolute Gasteiger partial charge is 0.483 e. The van der Waals surface area contributed by atoms with Gasteiger partial charge < -0.3 is 9.47 Å². The minimum Gasteiger partial charge on any atom is -0.483 e. The lowest BCUT2D eigenvalue weighted by Crippen LogP contribution is -2.49. The number of nitrogens with zero attached hydrogens (tertiary/aromatic N) is 2. The highest BCUT2D eigenvalue weighted by atomic mass is 32.2. The molecule has 3 heterocycles. The number of fused-ring (bicyclic) bond motifs is 1. The first kappa shape index (κ1) is 19.8. The monoisotopic (exact) mass is 422 g/mol. The van der Waals surface area contributed by atoms with Crippen molar-refractivity contribution in [3.05, 3.63) is 46.2 Å². The minimum absolute atomic E-state index is 0.246. The number of hydrogen-bond donors (Lipinski definition) is 0. The van der Waals surface area contributed by atoms with Gasteiger partial charge >= 0.3 is 0 Å². The van der Waals surface area contributed by atoms with Gasteiger partial charge in [0.1, 0.15) is 16.2 Å². The number of methoxy groups -OCH3 is 1. The molecular formula is C20H26N2O4S2. The third-order valence-electron chi connectivity index (χ3n) is 5.37. The van der Waals surface area contributed by atoms with Crippen molar-refractivity contribution >= 4 is 21.4 Å². The Morgan fingerprint density at radius 3 is 2.79 bits per heavy atom. The highest BCUT2D eigenvalue weighted by Gasteiger charge is 2.47. The van der Waals surface area contributed by atoms with Gasteiger partial charge in [0.05, 0.1) is 13.2 Å². The van der Waals surface area contributed by atoms with Crippen LogP contribution in [-0.4, -0.2) is 63.1 Å². The van der Waals surface area contributed by atoms with E-state index < -0.39 is 15.6 Å². The van der Waals surface area contributed by atoms with E-state index in [1.165, 1.54) is 14.1 Å². The summed E-state index contributed by atoms with van der Waals surface area (Å²) < 4.78 is 39.6. The molecule has 2 aliphatic heterocycles. The van der Waals surface area contributed by atoms with Gasteiger partial charge in [-0.05, 0) is 31.2 Å². The van der Waals surface area contributed by atoms with E-state index in [0.29, 0.717) is 32.0 Å². The Morgan fingerprint density at radius 2 is 2.04 bits per heavy atom. The molecule has 0 unspecified atom stereocenters. The summed E-state index contributed by atoms with van der Waals surface area (Å²) >= 11 is 1.81. The Labute approximate surface area is 170 Å². The molecule has 0 amide bonds. The fraction of sp³-hybridized carbons (Fsp3) is 0.500. The Balaban J connectivity index is 1.62. The van der Waals surface area contributed by atoms with Gasteiger partial charge in [0, 0.05) is 49.5 Å². The molecule has 6 nitrogen and oxygen atoms in total. The fourth-order valence-electron chi connectivity index (χ4n) is 4.02. The number of thiophene rings is 1. The topological polar surface area (TPSA) is 59.1 Å². The first-order valence-electron chi connectivity index (χ1n) is 9.47. The maximum absolute atomic E-state index is 13.2. The van der Waals surface area contributed by atoms with Gasteiger partial charge in [0.2, 0.25) is 10.0 Å². The Kier molecular flexibility index (Phi) is 5.50. The summed E-state index contributed by atoms with van der Waals surface area (Å²) in [6.07, 6.45) is 0.796. The number of hydrogen-bond acceptors (Lipinski definition) is 6. The fourth-order valence-corrected chi connectivity index (χ4v) is 6.56. The molecule has 0 saturated carbocycles. The summed E-state index contributed by atoms with van der Waals surface area (Å²) in [7, 11) is -2.03. The Bertz CT molecular complexity index is 943. The lowest BCUT2D eigenvalue weighted by Gasteiger charge is -2.32.